The topological polar surface area (TPSA) is 69.4 Å². The average Bonchev–Trinajstić information content (AvgIpc) is 2.41. The Morgan fingerprint density at radius 2 is 2.05 bits per heavy atom. The highest BCUT2D eigenvalue weighted by atomic mass is 35.5. The molecule has 0 saturated carbocycles. The molecule has 0 heterocycles. The second kappa shape index (κ2) is 5.71. The van der Waals surface area contributed by atoms with Gasteiger partial charge < -0.3 is 4.74 Å². The minimum Gasteiger partial charge on any atom is -0.449 e. The molecule has 2 aromatic rings. The number of nitro benzene ring substituents is 1. The second-order valence-electron chi connectivity index (χ2n) is 4.08. The van der Waals surface area contributed by atoms with Crippen molar-refractivity contribution in [3.8, 4) is 11.5 Å². The van der Waals surface area contributed by atoms with Crippen molar-refractivity contribution in [1.29, 1.82) is 0 Å². The summed E-state index contributed by atoms with van der Waals surface area (Å²) in [4.78, 5) is 21.1. The van der Waals surface area contributed by atoms with E-state index in [9.17, 15) is 14.9 Å². The summed E-state index contributed by atoms with van der Waals surface area (Å²) < 4.78 is 5.49. The van der Waals surface area contributed by atoms with E-state index in [4.69, 9.17) is 16.3 Å². The van der Waals surface area contributed by atoms with Crippen molar-refractivity contribution >= 4 is 23.6 Å². The Hall–Kier alpha value is -2.40. The van der Waals surface area contributed by atoms with Crippen molar-refractivity contribution in [2.45, 2.75) is 6.92 Å². The largest absolute Gasteiger partial charge is 0.449 e. The lowest BCUT2D eigenvalue weighted by Crippen LogP contribution is -1.95. The Morgan fingerprint density at radius 3 is 2.65 bits per heavy atom. The van der Waals surface area contributed by atoms with Crippen LogP contribution in [0.5, 0.6) is 11.5 Å². The van der Waals surface area contributed by atoms with Gasteiger partial charge in [-0.05, 0) is 36.8 Å². The number of aldehydes is 1. The first-order valence-electron chi connectivity index (χ1n) is 5.69. The Bertz CT molecular complexity index is 685. The van der Waals surface area contributed by atoms with Gasteiger partial charge in [0.1, 0.15) is 12.0 Å². The lowest BCUT2D eigenvalue weighted by atomic mass is 10.1. The van der Waals surface area contributed by atoms with Crippen LogP contribution in [0.2, 0.25) is 5.02 Å². The van der Waals surface area contributed by atoms with E-state index in [1.807, 2.05) is 0 Å². The molecule has 0 amide bonds. The molecule has 0 aliphatic rings. The molecule has 102 valence electrons. The zero-order valence-corrected chi connectivity index (χ0v) is 11.3. The van der Waals surface area contributed by atoms with E-state index in [0.717, 1.165) is 6.29 Å². The predicted molar refractivity (Wildman–Crippen MR) is 74.7 cm³/mol. The maximum absolute atomic E-state index is 11.0. The van der Waals surface area contributed by atoms with Crippen LogP contribution in [0, 0.1) is 17.0 Å². The minimum atomic E-state index is -0.562. The SMILES string of the molecule is Cc1cc(Oc2c(Cl)cccc2[N+](=O)[O-])ccc1C=O. The molecule has 2 aromatic carbocycles. The Kier molecular flexibility index (Phi) is 4.00. The number of para-hydroxylation sites is 1. The van der Waals surface area contributed by atoms with Gasteiger partial charge in [0.15, 0.2) is 0 Å². The first kappa shape index (κ1) is 14.0. The first-order chi connectivity index (χ1) is 9.52. The van der Waals surface area contributed by atoms with Crippen molar-refractivity contribution in [3.63, 3.8) is 0 Å². The fraction of sp³-hybridized carbons (Fsp3) is 0.0714. The van der Waals surface area contributed by atoms with Crippen LogP contribution in [0.15, 0.2) is 36.4 Å². The normalized spacial score (nSPS) is 10.1. The summed E-state index contributed by atoms with van der Waals surface area (Å²) in [6.45, 7) is 1.75. The zero-order valence-electron chi connectivity index (χ0n) is 10.5. The summed E-state index contributed by atoms with van der Waals surface area (Å²) >= 11 is 5.94. The summed E-state index contributed by atoms with van der Waals surface area (Å²) in [5.74, 6) is 0.363. The molecule has 20 heavy (non-hydrogen) atoms. The second-order valence-corrected chi connectivity index (χ2v) is 4.49. The average molecular weight is 292 g/mol. The molecule has 0 atom stereocenters. The van der Waals surface area contributed by atoms with Gasteiger partial charge in [-0.1, -0.05) is 17.7 Å². The van der Waals surface area contributed by atoms with Crippen LogP contribution in [0.4, 0.5) is 5.69 Å². The number of halogens is 1. The number of ether oxygens (including phenoxy) is 1. The summed E-state index contributed by atoms with van der Waals surface area (Å²) in [5, 5.41) is 11.1. The van der Waals surface area contributed by atoms with Gasteiger partial charge in [-0.2, -0.15) is 0 Å². The Morgan fingerprint density at radius 1 is 1.30 bits per heavy atom. The summed E-state index contributed by atoms with van der Waals surface area (Å²) in [7, 11) is 0. The number of carbonyl (C=O) groups excluding carboxylic acids is 1. The van der Waals surface area contributed by atoms with Crippen molar-refractivity contribution in [2.24, 2.45) is 0 Å². The zero-order chi connectivity index (χ0) is 14.7. The van der Waals surface area contributed by atoms with Crippen molar-refractivity contribution in [1.82, 2.24) is 0 Å². The molecule has 2 rings (SSSR count). The van der Waals surface area contributed by atoms with Gasteiger partial charge in [-0.3, -0.25) is 14.9 Å². The molecule has 0 aliphatic heterocycles. The number of nitrogens with zero attached hydrogens (tertiary/aromatic N) is 1. The van der Waals surface area contributed by atoms with Crippen LogP contribution >= 0.6 is 11.6 Å². The third-order valence-electron chi connectivity index (χ3n) is 2.73. The highest BCUT2D eigenvalue weighted by Crippen LogP contribution is 2.37. The molecule has 0 bridgehead atoms. The molecule has 0 saturated heterocycles. The first-order valence-corrected chi connectivity index (χ1v) is 6.07. The number of carbonyl (C=O) groups is 1. The van der Waals surface area contributed by atoms with Crippen LogP contribution in [0.1, 0.15) is 15.9 Å². The molecule has 0 aromatic heterocycles. The molecular weight excluding hydrogens is 282 g/mol. The van der Waals surface area contributed by atoms with Crippen LogP contribution in [-0.4, -0.2) is 11.2 Å². The van der Waals surface area contributed by atoms with E-state index in [1.54, 1.807) is 25.1 Å². The third-order valence-corrected chi connectivity index (χ3v) is 3.03. The fourth-order valence-electron chi connectivity index (χ4n) is 1.70. The lowest BCUT2D eigenvalue weighted by Gasteiger charge is -2.09. The molecule has 0 fully saturated rings. The van der Waals surface area contributed by atoms with Crippen molar-refractivity contribution in [2.75, 3.05) is 0 Å². The maximum Gasteiger partial charge on any atom is 0.313 e. The number of nitro groups is 1. The Balaban J connectivity index is 2.42. The number of hydrogen-bond acceptors (Lipinski definition) is 4. The number of rotatable bonds is 4. The molecule has 6 heteroatoms. The van der Waals surface area contributed by atoms with Crippen LogP contribution in [0.25, 0.3) is 0 Å². The van der Waals surface area contributed by atoms with Gasteiger partial charge in [0.05, 0.1) is 9.95 Å². The van der Waals surface area contributed by atoms with E-state index < -0.39 is 4.92 Å². The maximum atomic E-state index is 11.0. The van der Waals surface area contributed by atoms with E-state index in [1.165, 1.54) is 18.2 Å². The minimum absolute atomic E-state index is 0.0163. The standard InChI is InChI=1S/C14H10ClNO4/c1-9-7-11(6-5-10(9)8-17)20-14-12(15)3-2-4-13(14)16(18)19/h2-8H,1H3. The highest BCUT2D eigenvalue weighted by Gasteiger charge is 2.19. The molecule has 0 radical (unpaired) electrons. The van der Waals surface area contributed by atoms with Crippen LogP contribution < -0.4 is 4.74 Å². The molecule has 0 aliphatic carbocycles. The van der Waals surface area contributed by atoms with E-state index in [2.05, 4.69) is 0 Å². The van der Waals surface area contributed by atoms with E-state index >= 15 is 0 Å². The summed E-state index contributed by atoms with van der Waals surface area (Å²) in [6, 6.07) is 9.07. The highest BCUT2D eigenvalue weighted by molar-refractivity contribution is 6.32. The predicted octanol–water partition coefficient (Wildman–Crippen LogP) is 4.16. The lowest BCUT2D eigenvalue weighted by molar-refractivity contribution is -0.385. The van der Waals surface area contributed by atoms with Gasteiger partial charge in [-0.15, -0.1) is 0 Å². The Labute approximate surface area is 119 Å². The van der Waals surface area contributed by atoms with Gasteiger partial charge in [-0.25, -0.2) is 0 Å². The molecule has 5 nitrogen and oxygen atoms in total. The molecule has 0 unspecified atom stereocenters. The van der Waals surface area contributed by atoms with Crippen LogP contribution in [0.3, 0.4) is 0 Å². The van der Waals surface area contributed by atoms with Gasteiger partial charge in [0.25, 0.3) is 0 Å². The van der Waals surface area contributed by atoms with E-state index in [-0.39, 0.29) is 16.5 Å². The summed E-state index contributed by atoms with van der Waals surface area (Å²) in [6.07, 6.45) is 0.733. The third kappa shape index (κ3) is 2.78. The van der Waals surface area contributed by atoms with Gasteiger partial charge >= 0.3 is 5.69 Å². The number of benzene rings is 2. The van der Waals surface area contributed by atoms with Gasteiger partial charge in [0, 0.05) is 11.6 Å². The van der Waals surface area contributed by atoms with Crippen molar-refractivity contribution in [3.05, 3.63) is 62.7 Å². The quantitative estimate of drug-likeness (QED) is 0.482. The molecule has 0 spiro atoms. The smallest absolute Gasteiger partial charge is 0.313 e. The summed E-state index contributed by atoms with van der Waals surface area (Å²) in [5.41, 5.74) is 1.04. The fourth-order valence-corrected chi connectivity index (χ4v) is 1.91. The molecule has 0 N–H and O–H groups in total. The van der Waals surface area contributed by atoms with Crippen molar-refractivity contribution < 1.29 is 14.5 Å². The van der Waals surface area contributed by atoms with Gasteiger partial charge in [0.2, 0.25) is 5.75 Å². The monoisotopic (exact) mass is 291 g/mol. The number of hydrogen-bond donors (Lipinski definition) is 0. The van der Waals surface area contributed by atoms with Crippen LogP contribution in [-0.2, 0) is 0 Å². The molecular formula is C14H10ClNO4. The number of aryl methyl sites for hydroxylation is 1. The van der Waals surface area contributed by atoms with E-state index in [0.29, 0.717) is 16.9 Å².